The minimum Gasteiger partial charge on any atom is -0.359 e. The molecule has 1 aliphatic heterocycles. The summed E-state index contributed by atoms with van der Waals surface area (Å²) in [6.45, 7) is 0.118. The first kappa shape index (κ1) is 26.6. The number of amides is 3. The Morgan fingerprint density at radius 3 is 2.63 bits per heavy atom. The van der Waals surface area contributed by atoms with Crippen LogP contribution in [0.3, 0.4) is 0 Å². The number of hydrogen-bond acceptors (Lipinski definition) is 6. The number of rotatable bonds is 10. The normalized spacial score (nSPS) is 13.5. The Bertz CT molecular complexity index is 1280. The monoisotopic (exact) mass is 542 g/mol. The molecule has 0 atom stereocenters. The summed E-state index contributed by atoms with van der Waals surface area (Å²) in [5.74, 6) is -2.46. The molecule has 0 aliphatic carbocycles. The largest absolute Gasteiger partial charge is 0.359 e. The Balaban J connectivity index is 1.62. The summed E-state index contributed by atoms with van der Waals surface area (Å²) >= 11 is 7.13. The van der Waals surface area contributed by atoms with Gasteiger partial charge in [-0.25, -0.2) is 12.8 Å². The van der Waals surface area contributed by atoms with Gasteiger partial charge in [-0.1, -0.05) is 11.6 Å². The molecule has 0 fully saturated rings. The summed E-state index contributed by atoms with van der Waals surface area (Å²) in [4.78, 5) is 39.8. The average Bonchev–Trinajstić information content (AvgIpc) is 3.40. The van der Waals surface area contributed by atoms with Gasteiger partial charge in [-0.15, -0.1) is 11.3 Å². The van der Waals surface area contributed by atoms with E-state index < -0.39 is 27.7 Å². The molecule has 0 unspecified atom stereocenters. The lowest BCUT2D eigenvalue weighted by atomic mass is 10.1. The summed E-state index contributed by atoms with van der Waals surface area (Å²) < 4.78 is 42.5. The van der Waals surface area contributed by atoms with Gasteiger partial charge in [0, 0.05) is 44.0 Å². The molecule has 1 aromatic carbocycles. The van der Waals surface area contributed by atoms with Crippen LogP contribution in [0.5, 0.6) is 0 Å². The van der Waals surface area contributed by atoms with Crippen molar-refractivity contribution in [2.24, 2.45) is 0 Å². The van der Waals surface area contributed by atoms with Crippen molar-refractivity contribution in [1.82, 2.24) is 14.9 Å². The summed E-state index contributed by atoms with van der Waals surface area (Å²) in [6, 6.07) is 7.09. The lowest BCUT2D eigenvalue weighted by Gasteiger charge is -2.20. The highest BCUT2D eigenvalue weighted by Crippen LogP contribution is 2.26. The first-order chi connectivity index (χ1) is 16.5. The van der Waals surface area contributed by atoms with Crippen molar-refractivity contribution >= 4 is 56.4 Å². The molecule has 3 rings (SSSR count). The van der Waals surface area contributed by atoms with E-state index in [-0.39, 0.29) is 54.5 Å². The Labute approximate surface area is 211 Å². The van der Waals surface area contributed by atoms with Crippen molar-refractivity contribution in [2.45, 2.75) is 12.8 Å². The number of aryl methyl sites for hydroxylation is 1. The van der Waals surface area contributed by atoms with E-state index in [1.807, 2.05) is 0 Å². The maximum atomic E-state index is 14.8. The molecule has 0 radical (unpaired) electrons. The summed E-state index contributed by atoms with van der Waals surface area (Å²) in [5, 5.41) is 2.46. The maximum Gasteiger partial charge on any atom is 0.275 e. The van der Waals surface area contributed by atoms with Crippen LogP contribution < -0.4 is 14.9 Å². The van der Waals surface area contributed by atoms with E-state index in [2.05, 4.69) is 10.0 Å². The van der Waals surface area contributed by atoms with Gasteiger partial charge in [0.05, 0.1) is 15.8 Å². The summed E-state index contributed by atoms with van der Waals surface area (Å²) in [7, 11) is -0.831. The van der Waals surface area contributed by atoms with Gasteiger partial charge in [-0.2, -0.15) is 0 Å². The molecule has 13 heteroatoms. The van der Waals surface area contributed by atoms with Crippen LogP contribution >= 0.6 is 22.9 Å². The Morgan fingerprint density at radius 1 is 1.26 bits per heavy atom. The number of carbonyl (C=O) groups excluding carboxylic acids is 3. The minimum absolute atomic E-state index is 0.0343. The Morgan fingerprint density at radius 2 is 2.00 bits per heavy atom. The standard InChI is InChI=1S/C22H24ClFN4O5S2/c1-25-20(29)8-10-27(2)21(30)14-3-5-18(16(24)13-14)28-11-7-17(22(28)31)26-35(32,33)12-9-15-4-6-19(23)34-15/h3-7,13,26H,8-12H2,1-2H3,(H,25,29). The van der Waals surface area contributed by atoms with E-state index >= 15 is 0 Å². The predicted molar refractivity (Wildman–Crippen MR) is 132 cm³/mol. The van der Waals surface area contributed by atoms with Crippen LogP contribution in [-0.2, 0) is 26.0 Å². The number of nitrogens with one attached hydrogen (secondary N) is 2. The number of anilines is 1. The zero-order valence-electron chi connectivity index (χ0n) is 19.0. The van der Waals surface area contributed by atoms with Gasteiger partial charge in [-0.05, 0) is 42.8 Å². The first-order valence-electron chi connectivity index (χ1n) is 10.5. The molecule has 2 heterocycles. The van der Waals surface area contributed by atoms with Gasteiger partial charge in [0.25, 0.3) is 11.8 Å². The number of sulfonamides is 1. The van der Waals surface area contributed by atoms with Crippen LogP contribution in [-0.4, -0.2) is 64.0 Å². The molecule has 0 saturated carbocycles. The van der Waals surface area contributed by atoms with E-state index in [0.29, 0.717) is 4.34 Å². The molecular formula is C22H24ClFN4O5S2. The molecule has 1 aromatic heterocycles. The van der Waals surface area contributed by atoms with Crippen molar-refractivity contribution in [3.8, 4) is 0 Å². The highest BCUT2D eigenvalue weighted by Gasteiger charge is 2.30. The van der Waals surface area contributed by atoms with Gasteiger partial charge >= 0.3 is 0 Å². The summed E-state index contributed by atoms with van der Waals surface area (Å²) in [5.41, 5.74) is -0.194. The van der Waals surface area contributed by atoms with E-state index in [9.17, 15) is 27.2 Å². The highest BCUT2D eigenvalue weighted by atomic mass is 35.5. The third-order valence-electron chi connectivity index (χ3n) is 5.25. The van der Waals surface area contributed by atoms with Crippen molar-refractivity contribution in [3.63, 3.8) is 0 Å². The van der Waals surface area contributed by atoms with Gasteiger partial charge in [0.15, 0.2) is 0 Å². The van der Waals surface area contributed by atoms with E-state index in [1.165, 1.54) is 48.5 Å². The molecule has 0 saturated heterocycles. The fraction of sp³-hybridized carbons (Fsp3) is 0.318. The summed E-state index contributed by atoms with van der Waals surface area (Å²) in [6.07, 6.45) is 1.71. The predicted octanol–water partition coefficient (Wildman–Crippen LogP) is 2.14. The zero-order chi connectivity index (χ0) is 25.8. The topological polar surface area (TPSA) is 116 Å². The van der Waals surface area contributed by atoms with Crippen molar-refractivity contribution < 1.29 is 27.2 Å². The lowest BCUT2D eigenvalue weighted by Crippen LogP contribution is -2.35. The Kier molecular flexibility index (Phi) is 8.51. The quantitative estimate of drug-likeness (QED) is 0.477. The van der Waals surface area contributed by atoms with Crippen LogP contribution in [0.25, 0.3) is 0 Å². The average molecular weight is 543 g/mol. The molecule has 35 heavy (non-hydrogen) atoms. The third-order valence-corrected chi connectivity index (χ3v) is 7.81. The highest BCUT2D eigenvalue weighted by molar-refractivity contribution is 7.89. The fourth-order valence-corrected chi connectivity index (χ4v) is 5.62. The molecule has 2 N–H and O–H groups in total. The molecule has 0 spiro atoms. The minimum atomic E-state index is -3.82. The van der Waals surface area contributed by atoms with Crippen LogP contribution in [0.1, 0.15) is 21.7 Å². The zero-order valence-corrected chi connectivity index (χ0v) is 21.4. The molecule has 0 bridgehead atoms. The van der Waals surface area contributed by atoms with Crippen LogP contribution in [0.15, 0.2) is 42.1 Å². The van der Waals surface area contributed by atoms with Crippen LogP contribution in [0.4, 0.5) is 10.1 Å². The number of halogens is 2. The van der Waals surface area contributed by atoms with Crippen molar-refractivity contribution in [2.75, 3.05) is 37.8 Å². The molecule has 3 amide bonds. The van der Waals surface area contributed by atoms with Gasteiger partial charge in [0.2, 0.25) is 15.9 Å². The SMILES string of the molecule is CNC(=O)CCN(C)C(=O)c1ccc(N2CC=C(NS(=O)(=O)CCc3ccc(Cl)s3)C2=O)c(F)c1. The number of carbonyl (C=O) groups is 3. The molecule has 9 nitrogen and oxygen atoms in total. The molecule has 1 aliphatic rings. The molecule has 2 aromatic rings. The fourth-order valence-electron chi connectivity index (χ4n) is 3.31. The maximum absolute atomic E-state index is 14.8. The van der Waals surface area contributed by atoms with Crippen molar-refractivity contribution in [1.29, 1.82) is 0 Å². The van der Waals surface area contributed by atoms with Gasteiger partial charge < -0.3 is 15.1 Å². The number of benzene rings is 1. The second-order valence-electron chi connectivity index (χ2n) is 7.73. The van der Waals surface area contributed by atoms with Gasteiger partial charge in [0.1, 0.15) is 11.5 Å². The second-order valence-corrected chi connectivity index (χ2v) is 11.4. The van der Waals surface area contributed by atoms with E-state index in [0.717, 1.165) is 15.8 Å². The van der Waals surface area contributed by atoms with E-state index in [1.54, 1.807) is 12.1 Å². The smallest absolute Gasteiger partial charge is 0.275 e. The number of hydrogen-bond donors (Lipinski definition) is 2. The second kappa shape index (κ2) is 11.2. The van der Waals surface area contributed by atoms with Crippen LogP contribution in [0, 0.1) is 5.82 Å². The van der Waals surface area contributed by atoms with Crippen molar-refractivity contribution in [3.05, 3.63) is 62.7 Å². The van der Waals surface area contributed by atoms with Crippen LogP contribution in [0.2, 0.25) is 4.34 Å². The van der Waals surface area contributed by atoms with E-state index in [4.69, 9.17) is 11.6 Å². The number of thiophene rings is 1. The first-order valence-corrected chi connectivity index (χ1v) is 13.4. The third kappa shape index (κ3) is 6.80. The van der Waals surface area contributed by atoms with Gasteiger partial charge in [-0.3, -0.25) is 19.1 Å². The number of nitrogens with zero attached hydrogens (tertiary/aromatic N) is 2. The Hall–Kier alpha value is -2.96. The lowest BCUT2D eigenvalue weighted by molar-refractivity contribution is -0.120. The molecule has 188 valence electrons. The molecular weight excluding hydrogens is 519 g/mol.